The van der Waals surface area contributed by atoms with E-state index >= 15 is 0 Å². The van der Waals surface area contributed by atoms with Crippen molar-refractivity contribution >= 4 is 11.9 Å². The Labute approximate surface area is 113 Å². The molecule has 1 saturated carbocycles. The van der Waals surface area contributed by atoms with E-state index in [-0.39, 0.29) is 19.2 Å². The number of carboxylic acid groups (broad SMARTS) is 1. The first-order chi connectivity index (χ1) is 9.08. The smallest absolute Gasteiger partial charge is 0.309 e. The highest BCUT2D eigenvalue weighted by Crippen LogP contribution is 2.31. The summed E-state index contributed by atoms with van der Waals surface area (Å²) in [5.74, 6) is -2.16. The van der Waals surface area contributed by atoms with Crippen LogP contribution in [0.1, 0.15) is 39.0 Å². The Balaban J connectivity index is 0.000000711. The summed E-state index contributed by atoms with van der Waals surface area (Å²) in [6.07, 6.45) is 3.85. The third-order valence-corrected chi connectivity index (χ3v) is 2.93. The fourth-order valence-electron chi connectivity index (χ4n) is 2.02. The van der Waals surface area contributed by atoms with Crippen molar-refractivity contribution in [2.45, 2.75) is 39.0 Å². The largest absolute Gasteiger partial charge is 0.481 e. The molecular weight excluding hydrogens is 252 g/mol. The molecule has 0 bridgehead atoms. The van der Waals surface area contributed by atoms with Crippen LogP contribution in [0.3, 0.4) is 0 Å². The molecule has 0 amide bonds. The third-order valence-electron chi connectivity index (χ3n) is 2.93. The minimum atomic E-state index is -0.867. The molecule has 6 nitrogen and oxygen atoms in total. The molecule has 0 aromatic carbocycles. The van der Waals surface area contributed by atoms with Gasteiger partial charge in [-0.2, -0.15) is 0 Å². The number of aliphatic hydroxyl groups is 2. The second-order valence-electron chi connectivity index (χ2n) is 4.45. The highest BCUT2D eigenvalue weighted by atomic mass is 16.5. The van der Waals surface area contributed by atoms with Gasteiger partial charge in [-0.1, -0.05) is 19.8 Å². The molecule has 0 aromatic rings. The van der Waals surface area contributed by atoms with E-state index in [1.807, 2.05) is 6.92 Å². The topological polar surface area (TPSA) is 104 Å². The minimum Gasteiger partial charge on any atom is -0.481 e. The van der Waals surface area contributed by atoms with Crippen LogP contribution in [0.4, 0.5) is 0 Å². The van der Waals surface area contributed by atoms with Crippen LogP contribution in [-0.4, -0.2) is 47.1 Å². The van der Waals surface area contributed by atoms with Crippen molar-refractivity contribution in [2.24, 2.45) is 11.8 Å². The number of aliphatic carboxylic acids is 1. The fraction of sp³-hybridized carbons (Fsp3) is 0.846. The Hall–Kier alpha value is -1.14. The molecule has 0 saturated heterocycles. The molecule has 1 fully saturated rings. The molecular formula is C13H24O6. The molecule has 0 aromatic heterocycles. The van der Waals surface area contributed by atoms with Crippen LogP contribution in [0.5, 0.6) is 0 Å². The Morgan fingerprint density at radius 3 is 2.05 bits per heavy atom. The van der Waals surface area contributed by atoms with E-state index in [0.717, 1.165) is 19.3 Å². The number of aliphatic hydroxyl groups excluding tert-OH is 2. The number of carboxylic acids is 1. The van der Waals surface area contributed by atoms with Crippen molar-refractivity contribution in [3.05, 3.63) is 0 Å². The number of hydrogen-bond donors (Lipinski definition) is 3. The zero-order valence-electron chi connectivity index (χ0n) is 11.4. The monoisotopic (exact) mass is 276 g/mol. The van der Waals surface area contributed by atoms with Gasteiger partial charge >= 0.3 is 11.9 Å². The molecule has 19 heavy (non-hydrogen) atoms. The van der Waals surface area contributed by atoms with Crippen molar-refractivity contribution in [3.63, 3.8) is 0 Å². The second kappa shape index (κ2) is 10.8. The van der Waals surface area contributed by atoms with E-state index in [0.29, 0.717) is 19.4 Å². The standard InChI is InChI=1S/C11H18O4.C2H6O2/c1-2-7-15-11(14)9-6-4-3-5-8(9)10(12)13;3-1-2-4/h8-9H,2-7H2,1H3,(H,12,13);3-4H,1-2H2. The van der Waals surface area contributed by atoms with Crippen LogP contribution in [0.15, 0.2) is 0 Å². The van der Waals surface area contributed by atoms with Crippen molar-refractivity contribution in [3.8, 4) is 0 Å². The molecule has 1 aliphatic carbocycles. The first-order valence-electron chi connectivity index (χ1n) is 6.69. The average molecular weight is 276 g/mol. The zero-order chi connectivity index (χ0) is 14.7. The van der Waals surface area contributed by atoms with E-state index in [4.69, 9.17) is 20.1 Å². The first-order valence-corrected chi connectivity index (χ1v) is 6.69. The Morgan fingerprint density at radius 2 is 1.63 bits per heavy atom. The lowest BCUT2D eigenvalue weighted by Crippen LogP contribution is -2.33. The second-order valence-corrected chi connectivity index (χ2v) is 4.45. The summed E-state index contributed by atoms with van der Waals surface area (Å²) in [6, 6.07) is 0. The van der Waals surface area contributed by atoms with Gasteiger partial charge in [-0.05, 0) is 19.3 Å². The minimum absolute atomic E-state index is 0.125. The summed E-state index contributed by atoms with van der Waals surface area (Å²) in [5.41, 5.74) is 0. The molecule has 0 heterocycles. The van der Waals surface area contributed by atoms with E-state index < -0.39 is 17.8 Å². The van der Waals surface area contributed by atoms with Gasteiger partial charge in [0.2, 0.25) is 0 Å². The van der Waals surface area contributed by atoms with Gasteiger partial charge in [-0.15, -0.1) is 0 Å². The van der Waals surface area contributed by atoms with E-state index in [9.17, 15) is 9.59 Å². The average Bonchev–Trinajstić information content (AvgIpc) is 2.44. The highest BCUT2D eigenvalue weighted by molar-refractivity contribution is 5.81. The lowest BCUT2D eigenvalue weighted by molar-refractivity contribution is -0.159. The number of hydrogen-bond acceptors (Lipinski definition) is 5. The van der Waals surface area contributed by atoms with Gasteiger partial charge < -0.3 is 20.1 Å². The highest BCUT2D eigenvalue weighted by Gasteiger charge is 2.36. The van der Waals surface area contributed by atoms with Gasteiger partial charge in [0.25, 0.3) is 0 Å². The maximum Gasteiger partial charge on any atom is 0.309 e. The molecule has 6 heteroatoms. The van der Waals surface area contributed by atoms with Crippen molar-refractivity contribution in [1.82, 2.24) is 0 Å². The molecule has 1 aliphatic rings. The number of carbonyl (C=O) groups is 2. The number of carbonyl (C=O) groups excluding carboxylic acids is 1. The zero-order valence-corrected chi connectivity index (χ0v) is 11.4. The van der Waals surface area contributed by atoms with E-state index in [1.165, 1.54) is 0 Å². The van der Waals surface area contributed by atoms with Gasteiger partial charge in [-0.25, -0.2) is 0 Å². The van der Waals surface area contributed by atoms with Crippen molar-refractivity contribution in [2.75, 3.05) is 19.8 Å². The lowest BCUT2D eigenvalue weighted by Gasteiger charge is -2.26. The summed E-state index contributed by atoms with van der Waals surface area (Å²) in [4.78, 5) is 22.5. The van der Waals surface area contributed by atoms with Crippen LogP contribution in [-0.2, 0) is 14.3 Å². The Morgan fingerprint density at radius 1 is 1.11 bits per heavy atom. The predicted molar refractivity (Wildman–Crippen MR) is 68.5 cm³/mol. The Bertz CT molecular complexity index is 264. The van der Waals surface area contributed by atoms with Crippen molar-refractivity contribution in [1.29, 1.82) is 0 Å². The number of esters is 1. The van der Waals surface area contributed by atoms with Gasteiger partial charge in [-0.3, -0.25) is 9.59 Å². The predicted octanol–water partition coefficient (Wildman–Crippen LogP) is 0.802. The molecule has 1 rings (SSSR count). The fourth-order valence-corrected chi connectivity index (χ4v) is 2.02. The van der Waals surface area contributed by atoms with Crippen LogP contribution >= 0.6 is 0 Å². The maximum absolute atomic E-state index is 11.6. The first kappa shape index (κ1) is 17.9. The molecule has 112 valence electrons. The van der Waals surface area contributed by atoms with Crippen LogP contribution in [0.2, 0.25) is 0 Å². The van der Waals surface area contributed by atoms with Crippen molar-refractivity contribution < 1.29 is 29.6 Å². The Kier molecular flexibility index (Phi) is 10.1. The van der Waals surface area contributed by atoms with Gasteiger partial charge in [0.1, 0.15) is 0 Å². The number of rotatable bonds is 5. The van der Waals surface area contributed by atoms with Crippen LogP contribution < -0.4 is 0 Å². The summed E-state index contributed by atoms with van der Waals surface area (Å²) in [5, 5.41) is 24.2. The quantitative estimate of drug-likeness (QED) is 0.642. The van der Waals surface area contributed by atoms with Gasteiger partial charge in [0.05, 0.1) is 31.7 Å². The van der Waals surface area contributed by atoms with Gasteiger partial charge in [0.15, 0.2) is 0 Å². The SMILES string of the molecule is CCCOC(=O)C1CCCCC1C(=O)O.OCCO. The summed E-state index contributed by atoms with van der Waals surface area (Å²) in [7, 11) is 0. The normalized spacial score (nSPS) is 22.1. The summed E-state index contributed by atoms with van der Waals surface area (Å²) >= 11 is 0. The molecule has 0 radical (unpaired) electrons. The van der Waals surface area contributed by atoms with E-state index in [1.54, 1.807) is 0 Å². The molecule has 3 N–H and O–H groups in total. The van der Waals surface area contributed by atoms with E-state index in [2.05, 4.69) is 0 Å². The van der Waals surface area contributed by atoms with Crippen LogP contribution in [0, 0.1) is 11.8 Å². The van der Waals surface area contributed by atoms with Crippen LogP contribution in [0.25, 0.3) is 0 Å². The molecule has 0 spiro atoms. The molecule has 2 unspecified atom stereocenters. The summed E-state index contributed by atoms with van der Waals surface area (Å²) < 4.78 is 5.01. The third kappa shape index (κ3) is 7.12. The maximum atomic E-state index is 11.6. The lowest BCUT2D eigenvalue weighted by atomic mass is 9.79. The summed E-state index contributed by atoms with van der Waals surface area (Å²) in [6.45, 7) is 2.06. The van der Waals surface area contributed by atoms with Gasteiger partial charge in [0, 0.05) is 0 Å². The number of ether oxygens (including phenoxy) is 1. The molecule has 2 atom stereocenters. The molecule has 0 aliphatic heterocycles.